The topological polar surface area (TPSA) is 0 Å². The monoisotopic (exact) mass is 240 g/mol. The van der Waals surface area contributed by atoms with Crippen LogP contribution in [0.1, 0.15) is 92.4 Å². The molecule has 0 heteroatoms. The third kappa shape index (κ3) is 7.11. The molecule has 0 atom stereocenters. The van der Waals surface area contributed by atoms with Crippen molar-refractivity contribution in [1.82, 2.24) is 0 Å². The van der Waals surface area contributed by atoms with Gasteiger partial charge in [-0.2, -0.15) is 0 Å². The highest BCUT2D eigenvalue weighted by atomic mass is 14.3. The summed E-state index contributed by atoms with van der Waals surface area (Å²) in [5.74, 6) is 3.17. The molecule has 1 aliphatic rings. The zero-order valence-corrected chi connectivity index (χ0v) is 13.1. The van der Waals surface area contributed by atoms with Crippen LogP contribution in [0.2, 0.25) is 0 Å². The normalized spacial score (nSPS) is 24.4. The van der Waals surface area contributed by atoms with Gasteiger partial charge in [-0.3, -0.25) is 0 Å². The van der Waals surface area contributed by atoms with Gasteiger partial charge in [0.15, 0.2) is 0 Å². The van der Waals surface area contributed by atoms with Crippen LogP contribution in [0.15, 0.2) is 0 Å². The Kier molecular flexibility index (Phi) is 11.1. The standard InChI is InChI=1S/C14H28.C3H8/c1-4-7-12-8-10-14(11-9-12)13(5-2)6-3;1-3-2/h12-14H,4-11H2,1-3H3;3H2,1-2H3. The van der Waals surface area contributed by atoms with Gasteiger partial charge in [-0.15, -0.1) is 0 Å². The number of hydrogen-bond donors (Lipinski definition) is 0. The van der Waals surface area contributed by atoms with Gasteiger partial charge < -0.3 is 0 Å². The van der Waals surface area contributed by atoms with E-state index in [0.29, 0.717) is 0 Å². The summed E-state index contributed by atoms with van der Waals surface area (Å²) in [5, 5.41) is 0. The van der Waals surface area contributed by atoms with Crippen molar-refractivity contribution in [3.8, 4) is 0 Å². The van der Waals surface area contributed by atoms with Crippen LogP contribution >= 0.6 is 0 Å². The van der Waals surface area contributed by atoms with E-state index < -0.39 is 0 Å². The van der Waals surface area contributed by atoms with Gasteiger partial charge >= 0.3 is 0 Å². The van der Waals surface area contributed by atoms with Gasteiger partial charge in [-0.05, 0) is 30.6 Å². The maximum Gasteiger partial charge on any atom is -0.0386 e. The molecule has 0 unspecified atom stereocenters. The van der Waals surface area contributed by atoms with E-state index in [-0.39, 0.29) is 0 Å². The molecule has 17 heavy (non-hydrogen) atoms. The quantitative estimate of drug-likeness (QED) is 0.518. The maximum absolute atomic E-state index is 2.37. The van der Waals surface area contributed by atoms with Crippen LogP contribution in [0.4, 0.5) is 0 Å². The van der Waals surface area contributed by atoms with Gasteiger partial charge in [0.1, 0.15) is 0 Å². The second-order valence-electron chi connectivity index (χ2n) is 5.85. The molecule has 0 aliphatic heterocycles. The highest BCUT2D eigenvalue weighted by Crippen LogP contribution is 2.37. The lowest BCUT2D eigenvalue weighted by Crippen LogP contribution is -2.21. The molecule has 0 spiro atoms. The lowest BCUT2D eigenvalue weighted by atomic mass is 9.73. The Morgan fingerprint density at radius 2 is 1.29 bits per heavy atom. The first-order valence-corrected chi connectivity index (χ1v) is 8.23. The van der Waals surface area contributed by atoms with Gasteiger partial charge in [0.05, 0.1) is 0 Å². The summed E-state index contributed by atoms with van der Waals surface area (Å²) < 4.78 is 0. The Morgan fingerprint density at radius 1 is 0.824 bits per heavy atom. The average Bonchev–Trinajstić information content (AvgIpc) is 2.34. The SMILES string of the molecule is CCC.CCCC1CCC(C(CC)CC)CC1. The van der Waals surface area contributed by atoms with Crippen LogP contribution in [0.3, 0.4) is 0 Å². The molecule has 1 aliphatic carbocycles. The van der Waals surface area contributed by atoms with Crippen LogP contribution in [0, 0.1) is 17.8 Å². The van der Waals surface area contributed by atoms with Gasteiger partial charge in [0.2, 0.25) is 0 Å². The van der Waals surface area contributed by atoms with E-state index in [4.69, 9.17) is 0 Å². The van der Waals surface area contributed by atoms with Crippen molar-refractivity contribution in [3.05, 3.63) is 0 Å². The third-order valence-electron chi connectivity index (χ3n) is 4.30. The number of rotatable bonds is 5. The predicted octanol–water partition coefficient (Wildman–Crippen LogP) is 6.45. The van der Waals surface area contributed by atoms with Gasteiger partial charge in [0, 0.05) is 0 Å². The Bertz CT molecular complexity index is 138. The summed E-state index contributed by atoms with van der Waals surface area (Å²) in [6.45, 7) is 11.3. The zero-order valence-electron chi connectivity index (χ0n) is 13.1. The molecule has 0 aromatic heterocycles. The summed E-state index contributed by atoms with van der Waals surface area (Å²) in [6, 6.07) is 0. The number of hydrogen-bond acceptors (Lipinski definition) is 0. The largest absolute Gasteiger partial charge is 0.0656 e. The predicted molar refractivity (Wildman–Crippen MR) is 80.4 cm³/mol. The minimum absolute atomic E-state index is 1.03. The Hall–Kier alpha value is 0. The second kappa shape index (κ2) is 11.1. The van der Waals surface area contributed by atoms with Crippen molar-refractivity contribution >= 4 is 0 Å². The van der Waals surface area contributed by atoms with Crippen molar-refractivity contribution in [2.75, 3.05) is 0 Å². The van der Waals surface area contributed by atoms with E-state index in [1.54, 1.807) is 0 Å². The van der Waals surface area contributed by atoms with E-state index >= 15 is 0 Å². The van der Waals surface area contributed by atoms with Crippen LogP contribution in [-0.4, -0.2) is 0 Å². The molecule has 0 heterocycles. The molecule has 0 N–H and O–H groups in total. The van der Waals surface area contributed by atoms with Crippen molar-refractivity contribution in [1.29, 1.82) is 0 Å². The summed E-state index contributed by atoms with van der Waals surface area (Å²) in [6.07, 6.45) is 13.0. The van der Waals surface area contributed by atoms with Crippen LogP contribution in [0.5, 0.6) is 0 Å². The zero-order chi connectivity index (χ0) is 13.1. The minimum atomic E-state index is 1.03. The molecule has 0 saturated heterocycles. The molecule has 0 bridgehead atoms. The van der Waals surface area contributed by atoms with E-state index in [9.17, 15) is 0 Å². The van der Waals surface area contributed by atoms with Crippen LogP contribution in [0.25, 0.3) is 0 Å². The molecule has 0 radical (unpaired) electrons. The maximum atomic E-state index is 2.37. The van der Waals surface area contributed by atoms with E-state index in [2.05, 4.69) is 34.6 Å². The highest BCUT2D eigenvalue weighted by Gasteiger charge is 2.24. The van der Waals surface area contributed by atoms with E-state index in [0.717, 1.165) is 17.8 Å². The Balaban J connectivity index is 0.000000770. The second-order valence-corrected chi connectivity index (χ2v) is 5.85. The average molecular weight is 240 g/mol. The molecule has 1 fully saturated rings. The molecule has 0 aromatic carbocycles. The third-order valence-corrected chi connectivity index (χ3v) is 4.30. The van der Waals surface area contributed by atoms with Gasteiger partial charge in [-0.1, -0.05) is 79.6 Å². The summed E-state index contributed by atoms with van der Waals surface area (Å²) in [5.41, 5.74) is 0. The van der Waals surface area contributed by atoms with Crippen molar-refractivity contribution in [2.24, 2.45) is 17.8 Å². The molecular weight excluding hydrogens is 204 g/mol. The van der Waals surface area contributed by atoms with Gasteiger partial charge in [-0.25, -0.2) is 0 Å². The van der Waals surface area contributed by atoms with Crippen molar-refractivity contribution in [2.45, 2.75) is 92.4 Å². The molecule has 1 rings (SSSR count). The lowest BCUT2D eigenvalue weighted by molar-refractivity contribution is 0.189. The first-order valence-electron chi connectivity index (χ1n) is 8.23. The summed E-state index contributed by atoms with van der Waals surface area (Å²) >= 11 is 0. The van der Waals surface area contributed by atoms with Crippen LogP contribution in [-0.2, 0) is 0 Å². The fourth-order valence-electron chi connectivity index (χ4n) is 3.31. The molecule has 0 aromatic rings. The van der Waals surface area contributed by atoms with Crippen molar-refractivity contribution in [3.63, 3.8) is 0 Å². The van der Waals surface area contributed by atoms with Crippen LogP contribution < -0.4 is 0 Å². The van der Waals surface area contributed by atoms with Gasteiger partial charge in [0.25, 0.3) is 0 Å². The Morgan fingerprint density at radius 3 is 1.65 bits per heavy atom. The smallest absolute Gasteiger partial charge is 0.0386 e. The molecule has 0 nitrogen and oxygen atoms in total. The fourth-order valence-corrected chi connectivity index (χ4v) is 3.31. The molecular formula is C17H36. The molecule has 0 amide bonds. The first-order chi connectivity index (χ1) is 8.23. The highest BCUT2D eigenvalue weighted by molar-refractivity contribution is 4.76. The van der Waals surface area contributed by atoms with E-state index in [1.807, 2.05) is 0 Å². The minimum Gasteiger partial charge on any atom is -0.0656 e. The molecule has 104 valence electrons. The Labute approximate surface area is 111 Å². The first kappa shape index (κ1) is 17.0. The summed E-state index contributed by atoms with van der Waals surface area (Å²) in [7, 11) is 0. The van der Waals surface area contributed by atoms with Crippen molar-refractivity contribution < 1.29 is 0 Å². The van der Waals surface area contributed by atoms with E-state index in [1.165, 1.54) is 57.8 Å². The molecule has 1 saturated carbocycles. The summed E-state index contributed by atoms with van der Waals surface area (Å²) in [4.78, 5) is 0. The lowest BCUT2D eigenvalue weighted by Gasteiger charge is -2.33. The fraction of sp³-hybridized carbons (Fsp3) is 1.00.